The first-order valence-corrected chi connectivity index (χ1v) is 11.7. The Balaban J connectivity index is 1.98. The monoisotopic (exact) mass is 360 g/mol. The lowest BCUT2D eigenvalue weighted by molar-refractivity contribution is 0.571. The van der Waals surface area contributed by atoms with E-state index in [1.165, 1.54) is 114 Å². The summed E-state index contributed by atoms with van der Waals surface area (Å²) >= 11 is 0. The molecule has 0 atom stereocenters. The van der Waals surface area contributed by atoms with Crippen molar-refractivity contribution in [3.63, 3.8) is 0 Å². The van der Waals surface area contributed by atoms with E-state index in [0.29, 0.717) is 0 Å². The van der Waals surface area contributed by atoms with E-state index in [1.807, 2.05) is 12.4 Å². The molecule has 1 aromatic heterocycles. The van der Waals surface area contributed by atoms with Crippen molar-refractivity contribution in [2.45, 2.75) is 129 Å². The summed E-state index contributed by atoms with van der Waals surface area (Å²) in [4.78, 5) is 9.25. The molecule has 1 heterocycles. The maximum Gasteiger partial charge on any atom is 0.0586 e. The lowest BCUT2D eigenvalue weighted by Gasteiger charge is -2.04. The van der Waals surface area contributed by atoms with Crippen LogP contribution in [0.2, 0.25) is 0 Å². The van der Waals surface area contributed by atoms with Crippen LogP contribution in [0.25, 0.3) is 0 Å². The van der Waals surface area contributed by atoms with Crippen LogP contribution in [0.1, 0.15) is 128 Å². The van der Waals surface area contributed by atoms with Crippen molar-refractivity contribution in [3.8, 4) is 0 Å². The van der Waals surface area contributed by atoms with Gasteiger partial charge in [-0.05, 0) is 25.7 Å². The molecule has 26 heavy (non-hydrogen) atoms. The van der Waals surface area contributed by atoms with Gasteiger partial charge in [0.2, 0.25) is 0 Å². The molecule has 0 bridgehead atoms. The minimum atomic E-state index is 1.10. The molecule has 0 radical (unpaired) electrons. The lowest BCUT2D eigenvalue weighted by atomic mass is 10.1. The van der Waals surface area contributed by atoms with Crippen LogP contribution in [0.5, 0.6) is 0 Å². The van der Waals surface area contributed by atoms with Crippen molar-refractivity contribution < 1.29 is 0 Å². The van der Waals surface area contributed by atoms with Gasteiger partial charge in [-0.1, -0.05) is 104 Å². The number of hydrogen-bond donors (Lipinski definition) is 0. The standard InChI is InChI=1S/C24H44N2/c1-3-5-7-9-11-13-15-17-19-23-21-26-24(22-25-23)20-18-16-14-12-10-8-6-4-2/h21-22H,3-20H2,1-2H3. The van der Waals surface area contributed by atoms with Crippen LogP contribution in [0.15, 0.2) is 12.4 Å². The molecule has 0 aromatic carbocycles. The van der Waals surface area contributed by atoms with E-state index < -0.39 is 0 Å². The normalized spacial score (nSPS) is 11.2. The van der Waals surface area contributed by atoms with Crippen molar-refractivity contribution in [1.29, 1.82) is 0 Å². The van der Waals surface area contributed by atoms with Gasteiger partial charge in [0, 0.05) is 12.4 Å². The highest BCUT2D eigenvalue weighted by Gasteiger charge is 2.00. The van der Waals surface area contributed by atoms with Gasteiger partial charge in [-0.15, -0.1) is 0 Å². The topological polar surface area (TPSA) is 25.8 Å². The highest BCUT2D eigenvalue weighted by Crippen LogP contribution is 2.12. The SMILES string of the molecule is CCCCCCCCCCc1cnc(CCCCCCCCCC)cn1. The van der Waals surface area contributed by atoms with Crippen LogP contribution in [0.3, 0.4) is 0 Å². The van der Waals surface area contributed by atoms with Crippen LogP contribution in [-0.4, -0.2) is 9.97 Å². The van der Waals surface area contributed by atoms with Gasteiger partial charge < -0.3 is 0 Å². The molecule has 1 aromatic rings. The van der Waals surface area contributed by atoms with E-state index in [4.69, 9.17) is 0 Å². The highest BCUT2D eigenvalue weighted by molar-refractivity contribution is 5.02. The number of unbranched alkanes of at least 4 members (excludes halogenated alkanes) is 14. The van der Waals surface area contributed by atoms with E-state index in [-0.39, 0.29) is 0 Å². The van der Waals surface area contributed by atoms with Crippen LogP contribution in [0, 0.1) is 0 Å². The van der Waals surface area contributed by atoms with Crippen molar-refractivity contribution >= 4 is 0 Å². The third kappa shape index (κ3) is 13.3. The first kappa shape index (κ1) is 23.1. The summed E-state index contributed by atoms with van der Waals surface area (Å²) in [7, 11) is 0. The Bertz CT molecular complexity index is 360. The quantitative estimate of drug-likeness (QED) is 0.249. The Kier molecular flexibility index (Phi) is 15.6. The van der Waals surface area contributed by atoms with E-state index in [0.717, 1.165) is 12.8 Å². The maximum absolute atomic E-state index is 4.62. The third-order valence-corrected chi connectivity index (χ3v) is 5.33. The summed E-state index contributed by atoms with van der Waals surface area (Å²) in [5.41, 5.74) is 2.35. The van der Waals surface area contributed by atoms with Gasteiger partial charge in [0.05, 0.1) is 11.4 Å². The molecule has 0 N–H and O–H groups in total. The lowest BCUT2D eigenvalue weighted by Crippen LogP contribution is -1.97. The minimum absolute atomic E-state index is 1.10. The van der Waals surface area contributed by atoms with Crippen LogP contribution >= 0.6 is 0 Å². The molecule has 0 amide bonds. The Morgan fingerprint density at radius 3 is 1.08 bits per heavy atom. The van der Waals surface area contributed by atoms with Crippen LogP contribution in [-0.2, 0) is 12.8 Å². The first-order valence-electron chi connectivity index (χ1n) is 11.7. The summed E-state index contributed by atoms with van der Waals surface area (Å²) in [6, 6.07) is 0. The minimum Gasteiger partial charge on any atom is -0.258 e. The van der Waals surface area contributed by atoms with Gasteiger partial charge in [-0.2, -0.15) is 0 Å². The number of aromatic nitrogens is 2. The highest BCUT2D eigenvalue weighted by atomic mass is 14.8. The molecule has 2 nitrogen and oxygen atoms in total. The number of rotatable bonds is 18. The zero-order chi connectivity index (χ0) is 18.7. The second-order valence-electron chi connectivity index (χ2n) is 7.95. The third-order valence-electron chi connectivity index (χ3n) is 5.33. The van der Waals surface area contributed by atoms with Gasteiger partial charge in [0.25, 0.3) is 0 Å². The summed E-state index contributed by atoms with van der Waals surface area (Å²) in [6.07, 6.45) is 28.2. The Morgan fingerprint density at radius 1 is 0.462 bits per heavy atom. The van der Waals surface area contributed by atoms with Crippen LogP contribution < -0.4 is 0 Å². The van der Waals surface area contributed by atoms with E-state index >= 15 is 0 Å². The Labute approximate surface area is 163 Å². The van der Waals surface area contributed by atoms with Gasteiger partial charge in [-0.25, -0.2) is 0 Å². The molecule has 0 unspecified atom stereocenters. The average Bonchev–Trinajstić information content (AvgIpc) is 2.67. The van der Waals surface area contributed by atoms with E-state index in [1.54, 1.807) is 0 Å². The fourth-order valence-corrected chi connectivity index (χ4v) is 3.52. The molecule has 0 aliphatic heterocycles. The van der Waals surface area contributed by atoms with Crippen molar-refractivity contribution in [3.05, 3.63) is 23.8 Å². The Hall–Kier alpha value is -0.920. The van der Waals surface area contributed by atoms with Crippen molar-refractivity contribution in [1.82, 2.24) is 9.97 Å². The predicted molar refractivity (Wildman–Crippen MR) is 115 cm³/mol. The Morgan fingerprint density at radius 2 is 0.769 bits per heavy atom. The van der Waals surface area contributed by atoms with Crippen molar-refractivity contribution in [2.24, 2.45) is 0 Å². The van der Waals surface area contributed by atoms with E-state index in [9.17, 15) is 0 Å². The number of hydrogen-bond acceptors (Lipinski definition) is 2. The molecule has 0 spiro atoms. The average molecular weight is 361 g/mol. The molecule has 0 aliphatic rings. The fraction of sp³-hybridized carbons (Fsp3) is 0.833. The molecule has 1 rings (SSSR count). The maximum atomic E-state index is 4.62. The number of aryl methyl sites for hydroxylation is 2. The van der Waals surface area contributed by atoms with Gasteiger partial charge >= 0.3 is 0 Å². The van der Waals surface area contributed by atoms with Gasteiger partial charge in [0.15, 0.2) is 0 Å². The zero-order valence-electron chi connectivity index (χ0n) is 17.8. The van der Waals surface area contributed by atoms with Gasteiger partial charge in [-0.3, -0.25) is 9.97 Å². The molecular formula is C24H44N2. The molecular weight excluding hydrogens is 316 g/mol. The number of nitrogens with zero attached hydrogens (tertiary/aromatic N) is 2. The second-order valence-corrected chi connectivity index (χ2v) is 7.95. The summed E-state index contributed by atoms with van der Waals surface area (Å²) < 4.78 is 0. The van der Waals surface area contributed by atoms with Gasteiger partial charge in [0.1, 0.15) is 0 Å². The molecule has 2 heteroatoms. The second kappa shape index (κ2) is 17.5. The molecule has 0 saturated heterocycles. The summed E-state index contributed by atoms with van der Waals surface area (Å²) in [5.74, 6) is 0. The largest absolute Gasteiger partial charge is 0.258 e. The first-order chi connectivity index (χ1) is 12.9. The van der Waals surface area contributed by atoms with Crippen LogP contribution in [0.4, 0.5) is 0 Å². The van der Waals surface area contributed by atoms with E-state index in [2.05, 4.69) is 23.8 Å². The predicted octanol–water partition coefficient (Wildman–Crippen LogP) is 7.84. The molecule has 0 saturated carbocycles. The fourth-order valence-electron chi connectivity index (χ4n) is 3.52. The zero-order valence-corrected chi connectivity index (χ0v) is 17.8. The smallest absolute Gasteiger partial charge is 0.0586 e. The summed E-state index contributed by atoms with van der Waals surface area (Å²) in [5, 5.41) is 0. The molecule has 0 aliphatic carbocycles. The van der Waals surface area contributed by atoms with Crippen molar-refractivity contribution in [2.75, 3.05) is 0 Å². The summed E-state index contributed by atoms with van der Waals surface area (Å²) in [6.45, 7) is 4.56. The molecule has 0 fully saturated rings. The molecule has 150 valence electrons.